The Morgan fingerprint density at radius 3 is 2.43 bits per heavy atom. The van der Waals surface area contributed by atoms with Crippen LogP contribution in [0.15, 0.2) is 4.79 Å². The van der Waals surface area contributed by atoms with Gasteiger partial charge in [-0.05, 0) is 32.6 Å². The quantitative estimate of drug-likeness (QED) is 0.745. The zero-order chi connectivity index (χ0) is 15.1. The number of hydrogen-bond acceptors (Lipinski definition) is 3. The van der Waals surface area contributed by atoms with Crippen molar-refractivity contribution in [3.63, 3.8) is 0 Å². The molecule has 1 saturated heterocycles. The highest BCUT2D eigenvalue weighted by Gasteiger charge is 2.16. The number of aryl methyl sites for hydroxylation is 1. The highest BCUT2D eigenvalue weighted by molar-refractivity contribution is 5.34. The average Bonchev–Trinajstić information content (AvgIpc) is 2.99. The number of unbranched alkanes of at least 4 members (excludes halogenated alkanes) is 5. The molecule has 0 aliphatic carbocycles. The lowest BCUT2D eigenvalue weighted by molar-refractivity contribution is 0.605. The van der Waals surface area contributed by atoms with Gasteiger partial charge in [-0.2, -0.15) is 0 Å². The normalized spacial score (nSPS) is 14.9. The molecule has 0 unspecified atom stereocenters. The number of rotatable bonds is 8. The number of hydrogen-bond donors (Lipinski definition) is 1. The Morgan fingerprint density at radius 2 is 1.76 bits per heavy atom. The lowest BCUT2D eigenvalue weighted by Gasteiger charge is -2.17. The molecule has 1 N–H and O–H groups in total. The number of nitrogens with one attached hydrogen (secondary N) is 1. The molecule has 0 saturated carbocycles. The predicted octanol–water partition coefficient (Wildman–Crippen LogP) is 3.58. The predicted molar refractivity (Wildman–Crippen MR) is 88.1 cm³/mol. The first-order valence-electron chi connectivity index (χ1n) is 8.57. The van der Waals surface area contributed by atoms with Crippen LogP contribution in [-0.2, 0) is 6.42 Å². The minimum atomic E-state index is 0.0676. The summed E-state index contributed by atoms with van der Waals surface area (Å²) < 4.78 is 0. The monoisotopic (exact) mass is 291 g/mol. The van der Waals surface area contributed by atoms with E-state index in [1.807, 2.05) is 6.92 Å². The summed E-state index contributed by atoms with van der Waals surface area (Å²) in [6.07, 6.45) is 10.8. The van der Waals surface area contributed by atoms with E-state index in [1.54, 1.807) is 0 Å². The summed E-state index contributed by atoms with van der Waals surface area (Å²) in [5.41, 5.74) is 1.86. The van der Waals surface area contributed by atoms with Gasteiger partial charge in [-0.3, -0.25) is 9.78 Å². The Morgan fingerprint density at radius 1 is 1.10 bits per heavy atom. The lowest BCUT2D eigenvalue weighted by Crippen LogP contribution is -2.26. The summed E-state index contributed by atoms with van der Waals surface area (Å²) in [6.45, 7) is 6.23. The van der Waals surface area contributed by atoms with Crippen LogP contribution in [0.3, 0.4) is 0 Å². The third-order valence-electron chi connectivity index (χ3n) is 4.40. The first-order chi connectivity index (χ1) is 10.2. The largest absolute Gasteiger partial charge is 0.342 e. The fourth-order valence-corrected chi connectivity index (χ4v) is 3.05. The lowest BCUT2D eigenvalue weighted by atomic mass is 10.1. The number of nitrogens with zero attached hydrogens (tertiary/aromatic N) is 2. The first-order valence-corrected chi connectivity index (χ1v) is 8.57. The van der Waals surface area contributed by atoms with Crippen LogP contribution in [0.5, 0.6) is 0 Å². The Balaban J connectivity index is 1.89. The van der Waals surface area contributed by atoms with Crippen molar-refractivity contribution in [2.24, 2.45) is 0 Å². The van der Waals surface area contributed by atoms with Gasteiger partial charge in [-0.15, -0.1) is 0 Å². The second kappa shape index (κ2) is 8.20. The number of H-pyrrole nitrogens is 1. The second-order valence-electron chi connectivity index (χ2n) is 6.17. The molecule has 0 amide bonds. The van der Waals surface area contributed by atoms with Crippen molar-refractivity contribution in [3.8, 4) is 0 Å². The Bertz CT molecular complexity index is 489. The summed E-state index contributed by atoms with van der Waals surface area (Å²) in [4.78, 5) is 22.0. The van der Waals surface area contributed by atoms with Crippen LogP contribution in [-0.4, -0.2) is 23.1 Å². The zero-order valence-electron chi connectivity index (χ0n) is 13.6. The van der Waals surface area contributed by atoms with Crippen molar-refractivity contribution >= 4 is 5.95 Å². The molecule has 0 atom stereocenters. The molecule has 21 heavy (non-hydrogen) atoms. The molecule has 4 heteroatoms. The van der Waals surface area contributed by atoms with Gasteiger partial charge in [0.25, 0.3) is 5.56 Å². The molecule has 1 aliphatic rings. The third kappa shape index (κ3) is 4.58. The molecule has 0 spiro atoms. The number of aromatic nitrogens is 2. The summed E-state index contributed by atoms with van der Waals surface area (Å²) in [7, 11) is 0. The van der Waals surface area contributed by atoms with E-state index in [0.717, 1.165) is 43.1 Å². The Kier molecular flexibility index (Phi) is 6.27. The molecule has 4 nitrogen and oxygen atoms in total. The van der Waals surface area contributed by atoms with Crippen molar-refractivity contribution in [3.05, 3.63) is 21.6 Å². The highest BCUT2D eigenvalue weighted by atomic mass is 16.1. The van der Waals surface area contributed by atoms with Crippen LogP contribution >= 0.6 is 0 Å². The van der Waals surface area contributed by atoms with E-state index in [-0.39, 0.29) is 5.56 Å². The van der Waals surface area contributed by atoms with Crippen molar-refractivity contribution in [2.75, 3.05) is 18.0 Å². The molecule has 1 fully saturated rings. The van der Waals surface area contributed by atoms with Gasteiger partial charge < -0.3 is 4.90 Å². The van der Waals surface area contributed by atoms with E-state index >= 15 is 0 Å². The van der Waals surface area contributed by atoms with Crippen molar-refractivity contribution in [1.82, 2.24) is 9.97 Å². The molecule has 0 radical (unpaired) electrons. The van der Waals surface area contributed by atoms with Gasteiger partial charge in [0.2, 0.25) is 5.95 Å². The Labute approximate surface area is 128 Å². The van der Waals surface area contributed by atoms with Crippen LogP contribution in [0.1, 0.15) is 69.5 Å². The summed E-state index contributed by atoms with van der Waals surface area (Å²) in [6, 6.07) is 0. The van der Waals surface area contributed by atoms with E-state index < -0.39 is 0 Å². The van der Waals surface area contributed by atoms with Gasteiger partial charge in [-0.25, -0.2) is 4.98 Å². The van der Waals surface area contributed by atoms with Crippen LogP contribution < -0.4 is 10.5 Å². The summed E-state index contributed by atoms with van der Waals surface area (Å²) in [5.74, 6) is 0.765. The van der Waals surface area contributed by atoms with Gasteiger partial charge in [0, 0.05) is 24.3 Å². The van der Waals surface area contributed by atoms with Crippen LogP contribution in [0.4, 0.5) is 5.95 Å². The smallest absolute Gasteiger partial charge is 0.255 e. The molecule has 0 aromatic carbocycles. The maximum atomic E-state index is 12.3. The van der Waals surface area contributed by atoms with Crippen molar-refractivity contribution in [2.45, 2.75) is 71.6 Å². The molecule has 1 aliphatic heterocycles. The molecule has 1 aromatic rings. The van der Waals surface area contributed by atoms with Gasteiger partial charge in [0.05, 0.1) is 0 Å². The van der Waals surface area contributed by atoms with E-state index in [2.05, 4.69) is 21.8 Å². The van der Waals surface area contributed by atoms with E-state index in [4.69, 9.17) is 0 Å². The topological polar surface area (TPSA) is 49.0 Å². The maximum absolute atomic E-state index is 12.3. The van der Waals surface area contributed by atoms with Gasteiger partial charge in [-0.1, -0.05) is 39.0 Å². The number of anilines is 1. The zero-order valence-corrected chi connectivity index (χ0v) is 13.6. The highest BCUT2D eigenvalue weighted by Crippen LogP contribution is 2.16. The van der Waals surface area contributed by atoms with E-state index in [0.29, 0.717) is 0 Å². The average molecular weight is 291 g/mol. The van der Waals surface area contributed by atoms with Crippen LogP contribution in [0, 0.1) is 6.92 Å². The minimum absolute atomic E-state index is 0.0676. The van der Waals surface area contributed by atoms with Gasteiger partial charge in [0.1, 0.15) is 0 Å². The maximum Gasteiger partial charge on any atom is 0.255 e. The van der Waals surface area contributed by atoms with Crippen LogP contribution in [0.25, 0.3) is 0 Å². The van der Waals surface area contributed by atoms with Gasteiger partial charge >= 0.3 is 0 Å². The SMILES string of the molecule is CCCCCCCCc1c(C)nc(N2CCCC2)[nH]c1=O. The first kappa shape index (κ1) is 16.1. The van der Waals surface area contributed by atoms with Crippen molar-refractivity contribution in [1.29, 1.82) is 0 Å². The van der Waals surface area contributed by atoms with E-state index in [1.165, 1.54) is 44.9 Å². The molecule has 0 bridgehead atoms. The summed E-state index contributed by atoms with van der Waals surface area (Å²) in [5, 5.41) is 0. The van der Waals surface area contributed by atoms with E-state index in [9.17, 15) is 4.79 Å². The molecular weight excluding hydrogens is 262 g/mol. The molecule has 2 heterocycles. The van der Waals surface area contributed by atoms with Crippen LogP contribution in [0.2, 0.25) is 0 Å². The molecular formula is C17H29N3O. The Hall–Kier alpha value is -1.32. The third-order valence-corrected chi connectivity index (χ3v) is 4.40. The minimum Gasteiger partial charge on any atom is -0.342 e. The summed E-state index contributed by atoms with van der Waals surface area (Å²) >= 11 is 0. The fourth-order valence-electron chi connectivity index (χ4n) is 3.05. The molecule has 118 valence electrons. The van der Waals surface area contributed by atoms with Crippen molar-refractivity contribution < 1.29 is 0 Å². The standard InChI is InChI=1S/C17H29N3O/c1-3-4-5-6-7-8-11-15-14(2)18-17(19-16(15)21)20-12-9-10-13-20/h3-13H2,1-2H3,(H,18,19,21). The molecule has 1 aromatic heterocycles. The fraction of sp³-hybridized carbons (Fsp3) is 0.765. The van der Waals surface area contributed by atoms with Gasteiger partial charge in [0.15, 0.2) is 0 Å². The second-order valence-corrected chi connectivity index (χ2v) is 6.17. The molecule has 2 rings (SSSR count). The number of aromatic amines is 1.